The lowest BCUT2D eigenvalue weighted by atomic mass is 10.4. The molecule has 0 aliphatic rings. The first-order valence-corrected chi connectivity index (χ1v) is 2.26. The lowest BCUT2D eigenvalue weighted by molar-refractivity contribution is -0.160. The zero-order valence-corrected chi connectivity index (χ0v) is 4.89. The SMILES string of the molecule is NC(=S)C(F)C(F)(F)F. The lowest BCUT2D eigenvalue weighted by Crippen LogP contribution is -2.36. The molecule has 1 nitrogen and oxygen atoms in total. The molecule has 0 aromatic carbocycles. The molecule has 0 fully saturated rings. The second-order valence-corrected chi connectivity index (χ2v) is 1.78. The van der Waals surface area contributed by atoms with Gasteiger partial charge < -0.3 is 5.73 Å². The van der Waals surface area contributed by atoms with Crippen molar-refractivity contribution in [1.29, 1.82) is 0 Å². The van der Waals surface area contributed by atoms with E-state index < -0.39 is 17.3 Å². The van der Waals surface area contributed by atoms with Crippen LogP contribution in [0.1, 0.15) is 0 Å². The topological polar surface area (TPSA) is 26.0 Å². The minimum atomic E-state index is -4.95. The number of thiocarbonyl (C=S) groups is 1. The highest BCUT2D eigenvalue weighted by molar-refractivity contribution is 7.80. The predicted octanol–water partition coefficient (Wildman–Crippen LogP) is 1.17. The fourth-order valence-corrected chi connectivity index (χ4v) is 0.295. The van der Waals surface area contributed by atoms with Crippen molar-refractivity contribution in [2.45, 2.75) is 12.3 Å². The minimum absolute atomic E-state index is 1.18. The van der Waals surface area contributed by atoms with Gasteiger partial charge in [-0.05, 0) is 0 Å². The van der Waals surface area contributed by atoms with E-state index in [1.54, 1.807) is 0 Å². The van der Waals surface area contributed by atoms with Crippen molar-refractivity contribution >= 4 is 17.2 Å². The van der Waals surface area contributed by atoms with Gasteiger partial charge in [0, 0.05) is 0 Å². The Hall–Kier alpha value is -0.390. The molecule has 0 aromatic heterocycles. The predicted molar refractivity (Wildman–Crippen MR) is 27.7 cm³/mol. The lowest BCUT2D eigenvalue weighted by Gasteiger charge is -2.08. The van der Waals surface area contributed by atoms with Crippen molar-refractivity contribution in [3.63, 3.8) is 0 Å². The molecule has 0 aliphatic heterocycles. The smallest absolute Gasteiger partial charge is 0.391 e. The van der Waals surface area contributed by atoms with Crippen molar-refractivity contribution in [2.24, 2.45) is 5.73 Å². The summed E-state index contributed by atoms with van der Waals surface area (Å²) in [5.74, 6) is 0. The fourth-order valence-electron chi connectivity index (χ4n) is 0.161. The van der Waals surface area contributed by atoms with Crippen LogP contribution in [-0.4, -0.2) is 17.3 Å². The maximum atomic E-state index is 11.6. The van der Waals surface area contributed by atoms with E-state index in [1.807, 2.05) is 0 Å². The Morgan fingerprint density at radius 3 is 1.78 bits per heavy atom. The van der Waals surface area contributed by atoms with Crippen LogP contribution in [0.2, 0.25) is 0 Å². The van der Waals surface area contributed by atoms with Crippen LogP contribution in [0.3, 0.4) is 0 Å². The molecule has 0 rings (SSSR count). The molecule has 1 unspecified atom stereocenters. The maximum Gasteiger partial charge on any atom is 0.426 e. The van der Waals surface area contributed by atoms with Crippen molar-refractivity contribution in [1.82, 2.24) is 0 Å². The highest BCUT2D eigenvalue weighted by Crippen LogP contribution is 2.22. The summed E-state index contributed by atoms with van der Waals surface area (Å²) in [5, 5.41) is 0. The molecule has 0 bridgehead atoms. The summed E-state index contributed by atoms with van der Waals surface area (Å²) in [7, 11) is 0. The number of alkyl halides is 4. The van der Waals surface area contributed by atoms with Gasteiger partial charge in [0.25, 0.3) is 0 Å². The molecule has 1 atom stereocenters. The Labute approximate surface area is 53.8 Å². The molecule has 9 heavy (non-hydrogen) atoms. The average molecular weight is 161 g/mol. The van der Waals surface area contributed by atoms with Crippen molar-refractivity contribution in [3.8, 4) is 0 Å². The third-order valence-electron chi connectivity index (χ3n) is 0.537. The Morgan fingerprint density at radius 2 is 1.78 bits per heavy atom. The first kappa shape index (κ1) is 8.61. The van der Waals surface area contributed by atoms with Crippen LogP contribution in [0.5, 0.6) is 0 Å². The number of hydrogen-bond donors (Lipinski definition) is 1. The van der Waals surface area contributed by atoms with Gasteiger partial charge >= 0.3 is 6.18 Å². The zero-order chi connectivity index (χ0) is 7.65. The van der Waals surface area contributed by atoms with Crippen LogP contribution >= 0.6 is 12.2 Å². The molecule has 6 heteroatoms. The van der Waals surface area contributed by atoms with Gasteiger partial charge in [0.05, 0.1) is 0 Å². The summed E-state index contributed by atoms with van der Waals surface area (Å²) in [6.45, 7) is 0. The van der Waals surface area contributed by atoms with Crippen LogP contribution in [-0.2, 0) is 0 Å². The Kier molecular flexibility index (Phi) is 2.36. The second-order valence-electron chi connectivity index (χ2n) is 1.31. The Morgan fingerprint density at radius 1 is 1.44 bits per heavy atom. The first-order chi connectivity index (χ1) is 3.85. The van der Waals surface area contributed by atoms with Crippen LogP contribution in [0.4, 0.5) is 17.6 Å². The molecule has 54 valence electrons. The second kappa shape index (κ2) is 2.47. The van der Waals surface area contributed by atoms with E-state index in [1.165, 1.54) is 0 Å². The maximum absolute atomic E-state index is 11.6. The molecular formula is C3H3F4NS. The quantitative estimate of drug-likeness (QED) is 0.461. The molecular weight excluding hydrogens is 158 g/mol. The summed E-state index contributed by atoms with van der Waals surface area (Å²) in [6.07, 6.45) is -8.13. The fraction of sp³-hybridized carbons (Fsp3) is 0.667. The van der Waals surface area contributed by atoms with E-state index in [0.717, 1.165) is 0 Å². The van der Waals surface area contributed by atoms with Gasteiger partial charge in [-0.3, -0.25) is 0 Å². The highest BCUT2D eigenvalue weighted by atomic mass is 32.1. The van der Waals surface area contributed by atoms with Gasteiger partial charge in [0.1, 0.15) is 4.99 Å². The van der Waals surface area contributed by atoms with Crippen LogP contribution < -0.4 is 5.73 Å². The summed E-state index contributed by atoms with van der Waals surface area (Å²) in [4.78, 5) is -1.18. The molecule has 0 radical (unpaired) electrons. The van der Waals surface area contributed by atoms with E-state index in [9.17, 15) is 17.6 Å². The summed E-state index contributed by atoms with van der Waals surface area (Å²) in [6, 6.07) is 0. The summed E-state index contributed by atoms with van der Waals surface area (Å²) >= 11 is 3.75. The van der Waals surface area contributed by atoms with Gasteiger partial charge in [-0.2, -0.15) is 13.2 Å². The van der Waals surface area contributed by atoms with Crippen molar-refractivity contribution < 1.29 is 17.6 Å². The third kappa shape index (κ3) is 2.59. The molecule has 0 spiro atoms. The molecule has 0 saturated heterocycles. The molecule has 0 amide bonds. The van der Waals surface area contributed by atoms with E-state index >= 15 is 0 Å². The van der Waals surface area contributed by atoms with Gasteiger partial charge in [0.2, 0.25) is 6.17 Å². The van der Waals surface area contributed by atoms with Crippen LogP contribution in [0, 0.1) is 0 Å². The summed E-state index contributed by atoms with van der Waals surface area (Å²) in [5.41, 5.74) is 4.36. The highest BCUT2D eigenvalue weighted by Gasteiger charge is 2.42. The largest absolute Gasteiger partial charge is 0.426 e. The van der Waals surface area contributed by atoms with Gasteiger partial charge in [-0.15, -0.1) is 0 Å². The minimum Gasteiger partial charge on any atom is -0.391 e. The van der Waals surface area contributed by atoms with E-state index in [2.05, 4.69) is 18.0 Å². The van der Waals surface area contributed by atoms with Crippen LogP contribution in [0.25, 0.3) is 0 Å². The van der Waals surface area contributed by atoms with E-state index in [-0.39, 0.29) is 0 Å². The monoisotopic (exact) mass is 161 g/mol. The molecule has 0 aliphatic carbocycles. The zero-order valence-electron chi connectivity index (χ0n) is 4.07. The number of rotatable bonds is 1. The standard InChI is InChI=1S/C3H3F4NS/c4-1(2(8)9)3(5,6)7/h1H,(H2,8,9). The number of halogens is 4. The molecule has 0 heterocycles. The first-order valence-electron chi connectivity index (χ1n) is 1.86. The third-order valence-corrected chi connectivity index (χ3v) is 0.744. The number of nitrogens with two attached hydrogens (primary N) is 1. The number of hydrogen-bond acceptors (Lipinski definition) is 1. The summed E-state index contributed by atoms with van der Waals surface area (Å²) < 4.78 is 45.1. The van der Waals surface area contributed by atoms with Gasteiger partial charge in [-0.25, -0.2) is 4.39 Å². The molecule has 0 aromatic rings. The van der Waals surface area contributed by atoms with E-state index in [4.69, 9.17) is 0 Å². The van der Waals surface area contributed by atoms with Gasteiger partial charge in [-0.1, -0.05) is 12.2 Å². The molecule has 0 saturated carbocycles. The Balaban J connectivity index is 4.04. The van der Waals surface area contributed by atoms with Crippen LogP contribution in [0.15, 0.2) is 0 Å². The molecule has 2 N–H and O–H groups in total. The van der Waals surface area contributed by atoms with Crippen molar-refractivity contribution in [2.75, 3.05) is 0 Å². The normalized spacial score (nSPS) is 15.1. The van der Waals surface area contributed by atoms with E-state index in [0.29, 0.717) is 0 Å². The van der Waals surface area contributed by atoms with Gasteiger partial charge in [0.15, 0.2) is 0 Å². The Bertz CT molecular complexity index is 119. The van der Waals surface area contributed by atoms with Crippen molar-refractivity contribution in [3.05, 3.63) is 0 Å². The average Bonchev–Trinajstić information content (AvgIpc) is 1.62.